The number of nitrogens with zero attached hydrogens (tertiary/aromatic N) is 2. The van der Waals surface area contributed by atoms with Crippen molar-refractivity contribution in [3.05, 3.63) is 29.6 Å². The van der Waals surface area contributed by atoms with Crippen LogP contribution in [0, 0.1) is 0 Å². The number of hydrogen-bond donors (Lipinski definition) is 1. The molecule has 2 N–H and O–H groups in total. The zero-order valence-corrected chi connectivity index (χ0v) is 13.6. The third-order valence-electron chi connectivity index (χ3n) is 4.97. The zero-order chi connectivity index (χ0) is 15.3. The Morgan fingerprint density at radius 3 is 2.57 bits per heavy atom. The van der Waals surface area contributed by atoms with Gasteiger partial charge in [-0.1, -0.05) is 19.9 Å². The molecule has 1 saturated heterocycles. The van der Waals surface area contributed by atoms with Gasteiger partial charge in [-0.05, 0) is 31.4 Å². The lowest BCUT2D eigenvalue weighted by atomic mass is 9.84. The first-order chi connectivity index (χ1) is 10.1. The van der Waals surface area contributed by atoms with Crippen LogP contribution in [0.4, 0.5) is 0 Å². The summed E-state index contributed by atoms with van der Waals surface area (Å²) in [7, 11) is 0. The molecule has 0 radical (unpaired) electrons. The maximum atomic E-state index is 6.57. The number of hydrogen-bond acceptors (Lipinski definition) is 4. The van der Waals surface area contributed by atoms with Crippen molar-refractivity contribution in [1.82, 2.24) is 9.88 Å². The van der Waals surface area contributed by atoms with Gasteiger partial charge in [0.15, 0.2) is 0 Å². The fourth-order valence-electron chi connectivity index (χ4n) is 3.02. The number of morpholine rings is 1. The van der Waals surface area contributed by atoms with Gasteiger partial charge in [0.25, 0.3) is 0 Å². The quantitative estimate of drug-likeness (QED) is 0.871. The molecule has 1 aliphatic rings. The topological polar surface area (TPSA) is 51.4 Å². The number of nitrogens with two attached hydrogens (primary N) is 1. The van der Waals surface area contributed by atoms with Crippen LogP contribution in [0.15, 0.2) is 18.3 Å². The molecule has 118 valence electrons. The highest BCUT2D eigenvalue weighted by atomic mass is 16.5. The molecule has 2 rings (SSSR count). The maximum Gasteiger partial charge on any atom is 0.0594 e. The number of pyridine rings is 1. The standard InChI is InChI=1S/C17H29N3O/c1-4-14-6-7-15(19-13-14)12-16(18)17(3,5-2)20-8-10-21-11-9-20/h6-7,13,16H,4-5,8-12,18H2,1-3H3. The predicted octanol–water partition coefficient (Wildman–Crippen LogP) is 2.01. The lowest BCUT2D eigenvalue weighted by Crippen LogP contribution is -2.61. The molecule has 2 heterocycles. The van der Waals surface area contributed by atoms with Crippen molar-refractivity contribution in [2.75, 3.05) is 26.3 Å². The van der Waals surface area contributed by atoms with E-state index < -0.39 is 0 Å². The van der Waals surface area contributed by atoms with E-state index in [1.165, 1.54) is 5.56 Å². The summed E-state index contributed by atoms with van der Waals surface area (Å²) in [5.41, 5.74) is 8.95. The molecule has 1 aromatic heterocycles. The van der Waals surface area contributed by atoms with Crippen molar-refractivity contribution in [3.63, 3.8) is 0 Å². The Morgan fingerprint density at radius 1 is 1.33 bits per heavy atom. The normalized spacial score (nSPS) is 21.0. The van der Waals surface area contributed by atoms with Crippen LogP contribution in [0.3, 0.4) is 0 Å². The molecular formula is C17H29N3O. The molecular weight excluding hydrogens is 262 g/mol. The van der Waals surface area contributed by atoms with Crippen molar-refractivity contribution >= 4 is 0 Å². The van der Waals surface area contributed by atoms with E-state index in [1.54, 1.807) is 0 Å². The lowest BCUT2D eigenvalue weighted by Gasteiger charge is -2.46. The van der Waals surface area contributed by atoms with Gasteiger partial charge in [0.2, 0.25) is 0 Å². The van der Waals surface area contributed by atoms with Gasteiger partial charge in [-0.3, -0.25) is 9.88 Å². The summed E-state index contributed by atoms with van der Waals surface area (Å²) in [5.74, 6) is 0. The van der Waals surface area contributed by atoms with Gasteiger partial charge >= 0.3 is 0 Å². The van der Waals surface area contributed by atoms with Gasteiger partial charge in [0.1, 0.15) is 0 Å². The van der Waals surface area contributed by atoms with Gasteiger partial charge in [-0.2, -0.15) is 0 Å². The van der Waals surface area contributed by atoms with E-state index in [-0.39, 0.29) is 11.6 Å². The van der Waals surface area contributed by atoms with E-state index in [0.717, 1.165) is 51.3 Å². The number of ether oxygens (including phenoxy) is 1. The highest BCUT2D eigenvalue weighted by molar-refractivity contribution is 5.15. The van der Waals surface area contributed by atoms with E-state index >= 15 is 0 Å². The van der Waals surface area contributed by atoms with Crippen molar-refractivity contribution in [2.24, 2.45) is 5.73 Å². The monoisotopic (exact) mass is 291 g/mol. The van der Waals surface area contributed by atoms with Crippen molar-refractivity contribution in [3.8, 4) is 0 Å². The van der Waals surface area contributed by atoms with E-state index in [4.69, 9.17) is 10.5 Å². The smallest absolute Gasteiger partial charge is 0.0594 e. The van der Waals surface area contributed by atoms with Crippen LogP contribution in [-0.2, 0) is 17.6 Å². The second-order valence-electron chi connectivity index (χ2n) is 6.13. The minimum Gasteiger partial charge on any atom is -0.379 e. The summed E-state index contributed by atoms with van der Waals surface area (Å²) in [6.07, 6.45) is 4.87. The molecule has 1 aliphatic heterocycles. The summed E-state index contributed by atoms with van der Waals surface area (Å²) in [4.78, 5) is 7.05. The average Bonchev–Trinajstić information content (AvgIpc) is 2.55. The van der Waals surface area contributed by atoms with Crippen molar-refractivity contribution < 1.29 is 4.74 Å². The minimum absolute atomic E-state index is 0.00882. The first-order valence-corrected chi connectivity index (χ1v) is 8.12. The molecule has 0 aliphatic carbocycles. The summed E-state index contributed by atoms with van der Waals surface area (Å²) in [5, 5.41) is 0. The molecule has 4 heteroatoms. The second-order valence-corrected chi connectivity index (χ2v) is 6.13. The van der Waals surface area contributed by atoms with Crippen molar-refractivity contribution in [1.29, 1.82) is 0 Å². The second kappa shape index (κ2) is 7.34. The van der Waals surface area contributed by atoms with Gasteiger partial charge in [-0.15, -0.1) is 0 Å². The minimum atomic E-state index is 0.00882. The maximum absolute atomic E-state index is 6.57. The summed E-state index contributed by atoms with van der Waals surface area (Å²) >= 11 is 0. The van der Waals surface area contributed by atoms with Gasteiger partial charge in [-0.25, -0.2) is 0 Å². The van der Waals surface area contributed by atoms with Crippen molar-refractivity contribution in [2.45, 2.75) is 51.6 Å². The summed E-state index contributed by atoms with van der Waals surface area (Å²) in [6.45, 7) is 10.2. The first kappa shape index (κ1) is 16.4. The van der Waals surface area contributed by atoms with E-state index in [9.17, 15) is 0 Å². The predicted molar refractivity (Wildman–Crippen MR) is 86.4 cm³/mol. The Labute approximate surface area is 128 Å². The Balaban J connectivity index is 2.05. The fraction of sp³-hybridized carbons (Fsp3) is 0.706. The molecule has 0 aromatic carbocycles. The Kier molecular flexibility index (Phi) is 5.73. The molecule has 4 nitrogen and oxygen atoms in total. The molecule has 2 unspecified atom stereocenters. The van der Waals surface area contributed by atoms with Crippen LogP contribution in [0.5, 0.6) is 0 Å². The van der Waals surface area contributed by atoms with Crippen LogP contribution >= 0.6 is 0 Å². The fourth-order valence-corrected chi connectivity index (χ4v) is 3.02. The molecule has 1 fully saturated rings. The van der Waals surface area contributed by atoms with Gasteiger partial charge in [0, 0.05) is 43.0 Å². The first-order valence-electron chi connectivity index (χ1n) is 8.12. The molecule has 1 aromatic rings. The van der Waals surface area contributed by atoms with Crippen LogP contribution in [0.2, 0.25) is 0 Å². The average molecular weight is 291 g/mol. The largest absolute Gasteiger partial charge is 0.379 e. The van der Waals surface area contributed by atoms with Crippen LogP contribution in [-0.4, -0.2) is 47.8 Å². The van der Waals surface area contributed by atoms with Gasteiger partial charge in [0.05, 0.1) is 13.2 Å². The number of aromatic nitrogens is 1. The molecule has 21 heavy (non-hydrogen) atoms. The van der Waals surface area contributed by atoms with Crippen LogP contribution in [0.1, 0.15) is 38.4 Å². The highest BCUT2D eigenvalue weighted by Crippen LogP contribution is 2.25. The number of aryl methyl sites for hydroxylation is 1. The third-order valence-corrected chi connectivity index (χ3v) is 4.97. The Morgan fingerprint density at radius 2 is 2.05 bits per heavy atom. The molecule has 0 amide bonds. The molecule has 0 spiro atoms. The molecule has 0 saturated carbocycles. The summed E-state index contributed by atoms with van der Waals surface area (Å²) < 4.78 is 5.47. The Hall–Kier alpha value is -0.970. The Bertz CT molecular complexity index is 428. The molecule has 2 atom stereocenters. The van der Waals surface area contributed by atoms with E-state index in [2.05, 4.69) is 42.8 Å². The lowest BCUT2D eigenvalue weighted by molar-refractivity contribution is -0.0273. The number of rotatable bonds is 6. The SMILES string of the molecule is CCc1ccc(CC(N)C(C)(CC)N2CCOCC2)nc1. The summed E-state index contributed by atoms with van der Waals surface area (Å²) in [6, 6.07) is 4.36. The van der Waals surface area contributed by atoms with E-state index in [0.29, 0.717) is 0 Å². The van der Waals surface area contributed by atoms with Crippen LogP contribution < -0.4 is 5.73 Å². The van der Waals surface area contributed by atoms with Gasteiger partial charge < -0.3 is 10.5 Å². The third kappa shape index (κ3) is 3.82. The zero-order valence-electron chi connectivity index (χ0n) is 13.6. The highest BCUT2D eigenvalue weighted by Gasteiger charge is 2.37. The van der Waals surface area contributed by atoms with Crippen LogP contribution in [0.25, 0.3) is 0 Å². The van der Waals surface area contributed by atoms with E-state index in [1.807, 2.05) is 6.20 Å². The molecule has 0 bridgehead atoms.